The molecule has 2 rings (SSSR count). The highest BCUT2D eigenvalue weighted by atomic mass is 32.1. The van der Waals surface area contributed by atoms with E-state index in [9.17, 15) is 0 Å². The van der Waals surface area contributed by atoms with Gasteiger partial charge in [-0.2, -0.15) is 4.99 Å². The third kappa shape index (κ3) is 3.63. The van der Waals surface area contributed by atoms with Gasteiger partial charge >= 0.3 is 0 Å². The summed E-state index contributed by atoms with van der Waals surface area (Å²) in [6.45, 7) is 4.20. The van der Waals surface area contributed by atoms with Crippen LogP contribution in [0.15, 0.2) is 47.5 Å². The van der Waals surface area contributed by atoms with Crippen molar-refractivity contribution in [1.29, 1.82) is 0 Å². The molecule has 2 aromatic rings. The Hall–Kier alpha value is -2.20. The van der Waals surface area contributed by atoms with E-state index in [-0.39, 0.29) is 0 Å². The van der Waals surface area contributed by atoms with E-state index in [2.05, 4.69) is 60.2 Å². The molecule has 2 aromatic carbocycles. The first kappa shape index (κ1) is 13.2. The number of nitrogens with zero attached hydrogens (tertiary/aromatic N) is 1. The molecule has 0 saturated heterocycles. The van der Waals surface area contributed by atoms with Crippen molar-refractivity contribution in [3.63, 3.8) is 0 Å². The molecule has 0 saturated carbocycles. The Bertz CT molecular complexity index is 696. The van der Waals surface area contributed by atoms with E-state index in [4.69, 9.17) is 0 Å². The average molecular weight is 263 g/mol. The molecule has 0 unspecified atom stereocenters. The van der Waals surface area contributed by atoms with E-state index in [0.717, 1.165) is 16.8 Å². The van der Waals surface area contributed by atoms with Crippen LogP contribution in [0.4, 0.5) is 5.69 Å². The second-order valence-corrected chi connectivity index (χ2v) is 4.48. The van der Waals surface area contributed by atoms with Crippen molar-refractivity contribution in [3.8, 4) is 11.8 Å². The van der Waals surface area contributed by atoms with E-state index in [0.29, 0.717) is 0 Å². The van der Waals surface area contributed by atoms with Crippen LogP contribution in [-0.2, 0) is 0 Å². The maximum Gasteiger partial charge on any atom is 0.0740 e. The van der Waals surface area contributed by atoms with Gasteiger partial charge in [-0.15, -0.1) is 0 Å². The fraction of sp³-hybridized carbons (Fsp3) is 0.118. The van der Waals surface area contributed by atoms with E-state index < -0.39 is 0 Å². The fourth-order valence-corrected chi connectivity index (χ4v) is 1.74. The minimum Gasteiger partial charge on any atom is -0.195 e. The Labute approximate surface area is 119 Å². The second-order valence-electron chi connectivity index (χ2n) is 4.30. The Morgan fingerprint density at radius 3 is 2.11 bits per heavy atom. The van der Waals surface area contributed by atoms with Gasteiger partial charge in [-0.3, -0.25) is 0 Å². The van der Waals surface area contributed by atoms with Gasteiger partial charge in [0.2, 0.25) is 0 Å². The zero-order valence-corrected chi connectivity index (χ0v) is 11.7. The van der Waals surface area contributed by atoms with Crippen LogP contribution in [-0.4, -0.2) is 5.16 Å². The van der Waals surface area contributed by atoms with Crippen LogP contribution < -0.4 is 0 Å². The summed E-state index contributed by atoms with van der Waals surface area (Å²) < 4.78 is 0. The third-order valence-electron chi connectivity index (χ3n) is 2.90. The number of hydrogen-bond donors (Lipinski definition) is 0. The van der Waals surface area contributed by atoms with Gasteiger partial charge in [0.1, 0.15) is 0 Å². The molecule has 0 heterocycles. The predicted molar refractivity (Wildman–Crippen MR) is 83.0 cm³/mol. The summed E-state index contributed by atoms with van der Waals surface area (Å²) >= 11 is 4.56. The molecule has 0 amide bonds. The average Bonchev–Trinajstić information content (AvgIpc) is 2.42. The van der Waals surface area contributed by atoms with Gasteiger partial charge in [0.05, 0.1) is 10.8 Å². The Kier molecular flexibility index (Phi) is 4.26. The molecule has 2 heteroatoms. The molecule has 0 atom stereocenters. The summed E-state index contributed by atoms with van der Waals surface area (Å²) in [7, 11) is 0. The Balaban J connectivity index is 2.23. The molecule has 0 aromatic heterocycles. The number of thiocarbonyl (C=S) groups is 1. The third-order valence-corrected chi connectivity index (χ3v) is 2.99. The summed E-state index contributed by atoms with van der Waals surface area (Å²) in [5, 5.41) is 2.35. The topological polar surface area (TPSA) is 12.4 Å². The smallest absolute Gasteiger partial charge is 0.0740 e. The monoisotopic (exact) mass is 263 g/mol. The first-order chi connectivity index (χ1) is 9.19. The maximum atomic E-state index is 4.56. The molecule has 0 spiro atoms. The van der Waals surface area contributed by atoms with Crippen LogP contribution in [0, 0.1) is 25.7 Å². The van der Waals surface area contributed by atoms with Gasteiger partial charge in [0.25, 0.3) is 0 Å². The second kappa shape index (κ2) is 6.11. The van der Waals surface area contributed by atoms with Crippen molar-refractivity contribution in [1.82, 2.24) is 0 Å². The number of aliphatic imine (C=N–C) groups is 1. The lowest BCUT2D eigenvalue weighted by molar-refractivity contribution is 1.33. The van der Waals surface area contributed by atoms with Crippen LogP contribution in [0.25, 0.3) is 0 Å². The van der Waals surface area contributed by atoms with Crippen LogP contribution in [0.3, 0.4) is 0 Å². The number of hydrogen-bond acceptors (Lipinski definition) is 2. The predicted octanol–water partition coefficient (Wildman–Crippen LogP) is 4.44. The van der Waals surface area contributed by atoms with Gasteiger partial charge in [-0.05, 0) is 73.6 Å². The van der Waals surface area contributed by atoms with Crippen molar-refractivity contribution < 1.29 is 0 Å². The van der Waals surface area contributed by atoms with Crippen molar-refractivity contribution >= 4 is 23.1 Å². The maximum absolute atomic E-state index is 4.56. The molecule has 0 aliphatic rings. The first-order valence-electron chi connectivity index (χ1n) is 5.96. The lowest BCUT2D eigenvalue weighted by Gasteiger charge is -1.98. The number of benzene rings is 2. The van der Waals surface area contributed by atoms with Gasteiger partial charge in [0.15, 0.2) is 0 Å². The summed E-state index contributed by atoms with van der Waals surface area (Å²) in [5.74, 6) is 6.30. The zero-order valence-electron chi connectivity index (χ0n) is 10.9. The molecule has 0 aliphatic carbocycles. The highest BCUT2D eigenvalue weighted by Gasteiger charge is 1.93. The molecule has 0 radical (unpaired) electrons. The minimum absolute atomic E-state index is 0.798. The van der Waals surface area contributed by atoms with Crippen LogP contribution >= 0.6 is 12.2 Å². The summed E-state index contributed by atoms with van der Waals surface area (Å²) in [6.07, 6.45) is 0. The fourth-order valence-electron chi connectivity index (χ4n) is 1.64. The van der Waals surface area contributed by atoms with Crippen molar-refractivity contribution in [2.45, 2.75) is 13.8 Å². The quantitative estimate of drug-likeness (QED) is 0.421. The molecule has 0 bridgehead atoms. The Morgan fingerprint density at radius 2 is 1.47 bits per heavy atom. The minimum atomic E-state index is 0.798. The highest BCUT2D eigenvalue weighted by molar-refractivity contribution is 7.78. The molecule has 19 heavy (non-hydrogen) atoms. The van der Waals surface area contributed by atoms with Gasteiger partial charge in [-0.1, -0.05) is 17.9 Å². The molecular weight excluding hydrogens is 250 g/mol. The van der Waals surface area contributed by atoms with Gasteiger partial charge in [0, 0.05) is 11.1 Å². The summed E-state index contributed by atoms with van der Waals surface area (Å²) in [6, 6.07) is 13.9. The van der Waals surface area contributed by atoms with Crippen molar-refractivity contribution in [2.24, 2.45) is 4.99 Å². The number of rotatable bonds is 1. The van der Waals surface area contributed by atoms with E-state index in [1.54, 1.807) is 0 Å². The van der Waals surface area contributed by atoms with Crippen molar-refractivity contribution in [2.75, 3.05) is 0 Å². The number of isothiocyanates is 1. The largest absolute Gasteiger partial charge is 0.195 e. The summed E-state index contributed by atoms with van der Waals surface area (Å²) in [5.41, 5.74) is 5.34. The molecule has 1 nitrogen and oxygen atoms in total. The highest BCUT2D eigenvalue weighted by Crippen LogP contribution is 2.12. The van der Waals surface area contributed by atoms with Gasteiger partial charge < -0.3 is 0 Å². The van der Waals surface area contributed by atoms with E-state index in [1.807, 2.05) is 30.3 Å². The molecule has 0 aliphatic heterocycles. The lowest BCUT2D eigenvalue weighted by atomic mass is 10.1. The van der Waals surface area contributed by atoms with E-state index >= 15 is 0 Å². The Morgan fingerprint density at radius 1 is 0.842 bits per heavy atom. The first-order valence-corrected chi connectivity index (χ1v) is 6.37. The number of aryl methyl sites for hydroxylation is 2. The SMILES string of the molecule is Cc1ccc(C#Cc2ccc(N=C=S)cc2)cc1C. The van der Waals surface area contributed by atoms with Crippen LogP contribution in [0.1, 0.15) is 22.3 Å². The molecule has 0 fully saturated rings. The normalized spacial score (nSPS) is 9.16. The zero-order chi connectivity index (χ0) is 13.7. The van der Waals surface area contributed by atoms with Gasteiger partial charge in [-0.25, -0.2) is 0 Å². The molecule has 92 valence electrons. The molecule has 0 N–H and O–H groups in total. The summed E-state index contributed by atoms with van der Waals surface area (Å²) in [4.78, 5) is 3.90. The lowest BCUT2D eigenvalue weighted by Crippen LogP contribution is -1.82. The standard InChI is InChI=1S/C17H13NS/c1-13-3-4-16(11-14(13)2)6-5-15-7-9-17(10-8-15)18-12-19/h3-4,7-11H,1-2H3. The van der Waals surface area contributed by atoms with E-state index in [1.165, 1.54) is 11.1 Å². The van der Waals surface area contributed by atoms with Crippen LogP contribution in [0.5, 0.6) is 0 Å². The van der Waals surface area contributed by atoms with Crippen molar-refractivity contribution in [3.05, 3.63) is 64.7 Å². The van der Waals surface area contributed by atoms with Crippen LogP contribution in [0.2, 0.25) is 0 Å². The molecular formula is C17H13NS.